The fourth-order valence-electron chi connectivity index (χ4n) is 3.25. The van der Waals surface area contributed by atoms with Gasteiger partial charge in [0.2, 0.25) is 11.8 Å². The number of carbonyl (C=O) groups excluding carboxylic acids is 2. The number of piperidine rings is 1. The van der Waals surface area contributed by atoms with Gasteiger partial charge in [0.1, 0.15) is 0 Å². The van der Waals surface area contributed by atoms with Crippen LogP contribution in [0.1, 0.15) is 44.7 Å². The smallest absolute Gasteiger partial charge is 0.234 e. The van der Waals surface area contributed by atoms with Crippen LogP contribution >= 0.6 is 0 Å². The van der Waals surface area contributed by atoms with Gasteiger partial charge in [0.05, 0.1) is 12.6 Å². The Morgan fingerprint density at radius 3 is 2.38 bits per heavy atom. The van der Waals surface area contributed by atoms with Crippen molar-refractivity contribution in [2.45, 2.75) is 39.2 Å². The summed E-state index contributed by atoms with van der Waals surface area (Å²) in [7, 11) is 0. The highest BCUT2D eigenvalue weighted by Crippen LogP contribution is 2.21. The van der Waals surface area contributed by atoms with Gasteiger partial charge >= 0.3 is 0 Å². The number of rotatable bonds is 7. The molecule has 24 heavy (non-hydrogen) atoms. The Morgan fingerprint density at radius 2 is 1.83 bits per heavy atom. The Bertz CT molecular complexity index is 537. The van der Waals surface area contributed by atoms with Crippen LogP contribution < -0.4 is 11.1 Å². The third-order valence-electron chi connectivity index (χ3n) is 4.60. The molecule has 1 aromatic carbocycles. The van der Waals surface area contributed by atoms with Gasteiger partial charge < -0.3 is 11.1 Å². The second-order valence-corrected chi connectivity index (χ2v) is 7.11. The first kappa shape index (κ1) is 18.5. The van der Waals surface area contributed by atoms with Gasteiger partial charge in [0.25, 0.3) is 0 Å². The zero-order chi connectivity index (χ0) is 17.5. The normalized spacial score (nSPS) is 17.6. The molecule has 0 aromatic heterocycles. The number of hydrogen-bond donors (Lipinski definition) is 2. The highest BCUT2D eigenvalue weighted by Gasteiger charge is 2.25. The molecule has 1 aliphatic rings. The monoisotopic (exact) mass is 331 g/mol. The van der Waals surface area contributed by atoms with E-state index < -0.39 is 0 Å². The summed E-state index contributed by atoms with van der Waals surface area (Å²) in [5.41, 5.74) is 6.50. The summed E-state index contributed by atoms with van der Waals surface area (Å²) in [6, 6.07) is 10.2. The highest BCUT2D eigenvalue weighted by molar-refractivity contribution is 5.79. The molecule has 5 heteroatoms. The Labute approximate surface area is 144 Å². The first-order chi connectivity index (χ1) is 11.5. The summed E-state index contributed by atoms with van der Waals surface area (Å²) in [6.07, 6.45) is 2.41. The second-order valence-electron chi connectivity index (χ2n) is 7.11. The van der Waals surface area contributed by atoms with E-state index in [4.69, 9.17) is 5.73 Å². The molecule has 2 rings (SSSR count). The van der Waals surface area contributed by atoms with Crippen LogP contribution in [-0.4, -0.2) is 36.3 Å². The van der Waals surface area contributed by atoms with Crippen LogP contribution in [0.25, 0.3) is 0 Å². The van der Waals surface area contributed by atoms with Crippen molar-refractivity contribution in [1.82, 2.24) is 10.2 Å². The fraction of sp³-hybridized carbons (Fsp3) is 0.579. The third-order valence-corrected chi connectivity index (χ3v) is 4.60. The van der Waals surface area contributed by atoms with E-state index in [0.717, 1.165) is 37.9 Å². The number of primary amides is 1. The molecular formula is C19H29N3O2. The lowest BCUT2D eigenvalue weighted by Crippen LogP contribution is -2.44. The summed E-state index contributed by atoms with van der Waals surface area (Å²) in [4.78, 5) is 25.8. The van der Waals surface area contributed by atoms with E-state index in [1.807, 2.05) is 18.2 Å². The maximum Gasteiger partial charge on any atom is 0.234 e. The third kappa shape index (κ3) is 5.64. The Morgan fingerprint density at radius 1 is 1.21 bits per heavy atom. The van der Waals surface area contributed by atoms with Crippen molar-refractivity contribution in [3.8, 4) is 0 Å². The Balaban J connectivity index is 1.88. The topological polar surface area (TPSA) is 75.4 Å². The van der Waals surface area contributed by atoms with Crippen molar-refractivity contribution >= 4 is 11.8 Å². The maximum absolute atomic E-state index is 12.4. The Hall–Kier alpha value is -1.88. The highest BCUT2D eigenvalue weighted by atomic mass is 16.2. The van der Waals surface area contributed by atoms with Crippen LogP contribution in [0.3, 0.4) is 0 Å². The zero-order valence-electron chi connectivity index (χ0n) is 14.7. The van der Waals surface area contributed by atoms with E-state index in [-0.39, 0.29) is 23.8 Å². The molecule has 1 heterocycles. The van der Waals surface area contributed by atoms with Gasteiger partial charge in [0.15, 0.2) is 0 Å². The predicted octanol–water partition coefficient (Wildman–Crippen LogP) is 2.09. The maximum atomic E-state index is 12.4. The van der Waals surface area contributed by atoms with E-state index in [2.05, 4.69) is 36.2 Å². The van der Waals surface area contributed by atoms with Crippen LogP contribution in [0.2, 0.25) is 0 Å². The minimum absolute atomic E-state index is 0.0395. The first-order valence-electron chi connectivity index (χ1n) is 8.81. The molecule has 0 spiro atoms. The average molecular weight is 331 g/mol. The number of amides is 2. The standard InChI is InChI=1S/C19H29N3O2/c1-14(2)12-17(15-6-4-3-5-7-15)21-18(23)13-22-10-8-16(9-11-22)19(20)24/h3-7,14,16-17H,8-13H2,1-2H3,(H2,20,24)(H,21,23)/t17-/m0/s1. The SMILES string of the molecule is CC(C)C[C@H](NC(=O)CN1CCC(C(N)=O)CC1)c1ccccc1. The first-order valence-corrected chi connectivity index (χ1v) is 8.81. The lowest BCUT2D eigenvalue weighted by atomic mass is 9.96. The molecule has 0 radical (unpaired) electrons. The summed E-state index contributed by atoms with van der Waals surface area (Å²) in [5, 5.41) is 3.17. The summed E-state index contributed by atoms with van der Waals surface area (Å²) in [6.45, 7) is 6.21. The lowest BCUT2D eigenvalue weighted by molar-refractivity contribution is -0.124. The summed E-state index contributed by atoms with van der Waals surface area (Å²) in [5.74, 6) is 0.284. The average Bonchev–Trinajstić information content (AvgIpc) is 2.55. The van der Waals surface area contributed by atoms with Crippen molar-refractivity contribution in [3.05, 3.63) is 35.9 Å². The number of nitrogens with two attached hydrogens (primary N) is 1. The molecular weight excluding hydrogens is 302 g/mol. The van der Waals surface area contributed by atoms with E-state index in [0.29, 0.717) is 12.5 Å². The van der Waals surface area contributed by atoms with E-state index in [9.17, 15) is 9.59 Å². The van der Waals surface area contributed by atoms with Gasteiger partial charge in [0, 0.05) is 5.92 Å². The zero-order valence-corrected chi connectivity index (χ0v) is 14.7. The van der Waals surface area contributed by atoms with Gasteiger partial charge in [-0.1, -0.05) is 44.2 Å². The van der Waals surface area contributed by atoms with Gasteiger partial charge in [-0.3, -0.25) is 14.5 Å². The van der Waals surface area contributed by atoms with Gasteiger partial charge in [-0.2, -0.15) is 0 Å². The van der Waals surface area contributed by atoms with Crippen molar-refractivity contribution in [2.75, 3.05) is 19.6 Å². The minimum Gasteiger partial charge on any atom is -0.369 e. The number of nitrogens with zero attached hydrogens (tertiary/aromatic N) is 1. The predicted molar refractivity (Wildman–Crippen MR) is 95.1 cm³/mol. The number of nitrogens with one attached hydrogen (secondary N) is 1. The quantitative estimate of drug-likeness (QED) is 0.803. The molecule has 3 N–H and O–H groups in total. The Kier molecular flexibility index (Phi) is 6.79. The molecule has 5 nitrogen and oxygen atoms in total. The number of hydrogen-bond acceptors (Lipinski definition) is 3. The molecule has 1 aliphatic heterocycles. The van der Waals surface area contributed by atoms with Crippen LogP contribution in [0.4, 0.5) is 0 Å². The van der Waals surface area contributed by atoms with Crippen LogP contribution in [0.15, 0.2) is 30.3 Å². The molecule has 1 aromatic rings. The summed E-state index contributed by atoms with van der Waals surface area (Å²) < 4.78 is 0. The molecule has 1 saturated heterocycles. The number of carbonyl (C=O) groups is 2. The molecule has 1 atom stereocenters. The van der Waals surface area contributed by atoms with Crippen molar-refractivity contribution in [1.29, 1.82) is 0 Å². The van der Waals surface area contributed by atoms with Crippen LogP contribution in [-0.2, 0) is 9.59 Å². The van der Waals surface area contributed by atoms with E-state index >= 15 is 0 Å². The van der Waals surface area contributed by atoms with Gasteiger partial charge in [-0.05, 0) is 43.8 Å². The number of likely N-dealkylation sites (tertiary alicyclic amines) is 1. The van der Waals surface area contributed by atoms with Crippen molar-refractivity contribution < 1.29 is 9.59 Å². The lowest BCUT2D eigenvalue weighted by Gasteiger charge is -2.30. The largest absolute Gasteiger partial charge is 0.369 e. The molecule has 0 bridgehead atoms. The van der Waals surface area contributed by atoms with Gasteiger partial charge in [-0.25, -0.2) is 0 Å². The van der Waals surface area contributed by atoms with E-state index in [1.54, 1.807) is 0 Å². The molecule has 0 saturated carbocycles. The van der Waals surface area contributed by atoms with Crippen LogP contribution in [0.5, 0.6) is 0 Å². The fourth-order valence-corrected chi connectivity index (χ4v) is 3.25. The minimum atomic E-state index is -0.222. The molecule has 1 fully saturated rings. The number of benzene rings is 1. The van der Waals surface area contributed by atoms with Crippen LogP contribution in [0, 0.1) is 11.8 Å². The van der Waals surface area contributed by atoms with E-state index in [1.165, 1.54) is 0 Å². The molecule has 0 aliphatic carbocycles. The molecule has 0 unspecified atom stereocenters. The molecule has 132 valence electrons. The summed E-state index contributed by atoms with van der Waals surface area (Å²) >= 11 is 0. The van der Waals surface area contributed by atoms with Crippen molar-refractivity contribution in [2.24, 2.45) is 17.6 Å². The van der Waals surface area contributed by atoms with Gasteiger partial charge in [-0.15, -0.1) is 0 Å². The molecule has 2 amide bonds. The second kappa shape index (κ2) is 8.83. The van der Waals surface area contributed by atoms with Crippen molar-refractivity contribution in [3.63, 3.8) is 0 Å².